The number of nitrogens with one attached hydrogen (secondary N) is 1. The molecule has 0 fully saturated rings. The number of benzene rings is 4. The van der Waals surface area contributed by atoms with Crippen LogP contribution in [-0.2, 0) is 12.8 Å². The first-order valence-electron chi connectivity index (χ1n) is 11.9. The van der Waals surface area contributed by atoms with Crippen molar-refractivity contribution in [3.63, 3.8) is 0 Å². The van der Waals surface area contributed by atoms with Crippen LogP contribution in [0.25, 0.3) is 32.8 Å². The fourth-order valence-electron chi connectivity index (χ4n) is 4.74. The molecule has 0 bridgehead atoms. The lowest BCUT2D eigenvalue weighted by Crippen LogP contribution is -2.06. The summed E-state index contributed by atoms with van der Waals surface area (Å²) < 4.78 is 11.3. The molecular formula is C30H27NO4. The largest absolute Gasteiger partial charge is 0.512 e. The highest BCUT2D eigenvalue weighted by Crippen LogP contribution is 2.37. The minimum absolute atomic E-state index is 0.277. The van der Waals surface area contributed by atoms with Crippen LogP contribution >= 0.6 is 0 Å². The highest BCUT2D eigenvalue weighted by Gasteiger charge is 2.18. The van der Waals surface area contributed by atoms with Crippen LogP contribution < -0.4 is 9.47 Å². The second-order valence-electron chi connectivity index (χ2n) is 8.47. The molecule has 2 N–H and O–H groups in total. The molecule has 4 aromatic carbocycles. The molecule has 0 amide bonds. The number of H-pyrrole nitrogens is 1. The summed E-state index contributed by atoms with van der Waals surface area (Å²) in [5.74, 6) is 1.13. The van der Waals surface area contributed by atoms with Crippen LogP contribution in [0.5, 0.6) is 11.6 Å². The standard InChI is InChI=1S/C30H27NO4/c1-2-20-10-3-5-13-22(20)24-15-8-16-25-26(29(31-28(24)25)35-30(32)33)17-9-19-34-27-18-7-12-21-11-4-6-14-23(21)27/h3-8,10-16,18,31H,2,9,17,19H2,1H3,(H,32,33). The van der Waals surface area contributed by atoms with Crippen LogP contribution in [0.15, 0.2) is 84.9 Å². The number of hydrogen-bond donors (Lipinski definition) is 2. The SMILES string of the molecule is CCc1ccccc1-c1cccc2c(CCCOc3cccc4ccccc34)c(OC(=O)O)[nH]c12. The zero-order valence-corrected chi connectivity index (χ0v) is 19.6. The van der Waals surface area contributed by atoms with E-state index in [1.807, 2.05) is 48.5 Å². The molecule has 35 heavy (non-hydrogen) atoms. The molecule has 5 rings (SSSR count). The van der Waals surface area contributed by atoms with E-state index in [0.29, 0.717) is 19.4 Å². The van der Waals surface area contributed by atoms with Crippen molar-refractivity contribution in [1.29, 1.82) is 0 Å². The van der Waals surface area contributed by atoms with Gasteiger partial charge in [-0.3, -0.25) is 0 Å². The Bertz CT molecular complexity index is 1500. The lowest BCUT2D eigenvalue weighted by Gasteiger charge is -2.10. The number of ether oxygens (including phenoxy) is 2. The number of hydrogen-bond acceptors (Lipinski definition) is 3. The quantitative estimate of drug-likeness (QED) is 0.183. The van der Waals surface area contributed by atoms with Crippen LogP contribution in [0.1, 0.15) is 24.5 Å². The third-order valence-electron chi connectivity index (χ3n) is 6.36. The van der Waals surface area contributed by atoms with Gasteiger partial charge in [0.15, 0.2) is 0 Å². The molecule has 5 heteroatoms. The third kappa shape index (κ3) is 4.58. The van der Waals surface area contributed by atoms with Crippen LogP contribution in [0.2, 0.25) is 0 Å². The Hall–Kier alpha value is -4.25. The maximum atomic E-state index is 11.4. The summed E-state index contributed by atoms with van der Waals surface area (Å²) >= 11 is 0. The number of rotatable bonds is 8. The van der Waals surface area contributed by atoms with Gasteiger partial charge >= 0.3 is 6.16 Å². The lowest BCUT2D eigenvalue weighted by molar-refractivity contribution is 0.142. The molecule has 0 unspecified atom stereocenters. The molecule has 1 aromatic heterocycles. The molecule has 5 aromatic rings. The minimum atomic E-state index is -1.33. The normalized spacial score (nSPS) is 11.1. The Morgan fingerprint density at radius 2 is 1.57 bits per heavy atom. The highest BCUT2D eigenvalue weighted by molar-refractivity contribution is 5.98. The maximum absolute atomic E-state index is 11.4. The molecule has 0 aliphatic heterocycles. The summed E-state index contributed by atoms with van der Waals surface area (Å²) in [6, 6.07) is 28.6. The van der Waals surface area contributed by atoms with Crippen molar-refractivity contribution in [3.8, 4) is 22.8 Å². The number of para-hydroxylation sites is 1. The van der Waals surface area contributed by atoms with Crippen molar-refractivity contribution < 1.29 is 19.4 Å². The summed E-state index contributed by atoms with van der Waals surface area (Å²) in [4.78, 5) is 14.7. The van der Waals surface area contributed by atoms with Crippen LogP contribution in [0.4, 0.5) is 4.79 Å². The predicted octanol–water partition coefficient (Wildman–Crippen LogP) is 7.62. The van der Waals surface area contributed by atoms with Crippen molar-refractivity contribution in [2.45, 2.75) is 26.2 Å². The Labute approximate surface area is 203 Å². The highest BCUT2D eigenvalue weighted by atomic mass is 16.7. The van der Waals surface area contributed by atoms with Gasteiger partial charge in [0, 0.05) is 21.9 Å². The summed E-state index contributed by atoms with van der Waals surface area (Å²) in [6.07, 6.45) is 0.901. The molecular weight excluding hydrogens is 438 g/mol. The van der Waals surface area contributed by atoms with Gasteiger partial charge in [0.05, 0.1) is 12.1 Å². The van der Waals surface area contributed by atoms with E-state index in [1.165, 1.54) is 5.56 Å². The Balaban J connectivity index is 1.43. The molecule has 176 valence electrons. The molecule has 0 spiro atoms. The second kappa shape index (κ2) is 9.94. The predicted molar refractivity (Wildman–Crippen MR) is 140 cm³/mol. The average Bonchev–Trinajstić information content (AvgIpc) is 3.23. The summed E-state index contributed by atoms with van der Waals surface area (Å²) in [5.41, 5.74) is 5.14. The summed E-state index contributed by atoms with van der Waals surface area (Å²) in [5, 5.41) is 12.5. The Kier molecular flexibility index (Phi) is 6.40. The van der Waals surface area contributed by atoms with Crippen molar-refractivity contribution in [2.24, 2.45) is 0 Å². The number of aryl methyl sites for hydroxylation is 2. The van der Waals surface area contributed by atoms with E-state index < -0.39 is 6.16 Å². The van der Waals surface area contributed by atoms with Crippen molar-refractivity contribution in [2.75, 3.05) is 6.61 Å². The summed E-state index contributed by atoms with van der Waals surface area (Å²) in [7, 11) is 0. The first kappa shape index (κ1) is 22.5. The van der Waals surface area contributed by atoms with Crippen molar-refractivity contribution in [1.82, 2.24) is 4.98 Å². The van der Waals surface area contributed by atoms with Crippen molar-refractivity contribution in [3.05, 3.63) is 96.1 Å². The van der Waals surface area contributed by atoms with Gasteiger partial charge in [0.25, 0.3) is 0 Å². The first-order chi connectivity index (χ1) is 17.2. The molecule has 5 nitrogen and oxygen atoms in total. The van der Waals surface area contributed by atoms with Gasteiger partial charge in [0.2, 0.25) is 5.88 Å². The van der Waals surface area contributed by atoms with Gasteiger partial charge < -0.3 is 19.6 Å². The van der Waals surface area contributed by atoms with E-state index >= 15 is 0 Å². The van der Waals surface area contributed by atoms with Crippen molar-refractivity contribution >= 4 is 27.8 Å². The van der Waals surface area contributed by atoms with Crippen LogP contribution in [0.3, 0.4) is 0 Å². The maximum Gasteiger partial charge on any atom is 0.512 e. The molecule has 0 aliphatic rings. The smallest absolute Gasteiger partial charge is 0.493 e. The first-order valence-corrected chi connectivity index (χ1v) is 11.9. The van der Waals surface area contributed by atoms with Gasteiger partial charge in [0.1, 0.15) is 5.75 Å². The van der Waals surface area contributed by atoms with Gasteiger partial charge in [-0.2, -0.15) is 0 Å². The van der Waals surface area contributed by atoms with E-state index in [9.17, 15) is 9.90 Å². The molecule has 0 aliphatic carbocycles. The molecule has 0 saturated carbocycles. The van der Waals surface area contributed by atoms with Gasteiger partial charge in [-0.15, -0.1) is 0 Å². The number of carbonyl (C=O) groups is 1. The Morgan fingerprint density at radius 1 is 0.857 bits per heavy atom. The van der Waals surface area contributed by atoms with Gasteiger partial charge in [-0.1, -0.05) is 85.8 Å². The third-order valence-corrected chi connectivity index (χ3v) is 6.36. The molecule has 0 saturated heterocycles. The number of fused-ring (bicyclic) bond motifs is 2. The van der Waals surface area contributed by atoms with E-state index in [4.69, 9.17) is 9.47 Å². The second-order valence-corrected chi connectivity index (χ2v) is 8.47. The van der Waals surface area contributed by atoms with E-state index in [2.05, 4.69) is 48.3 Å². The topological polar surface area (TPSA) is 71.6 Å². The van der Waals surface area contributed by atoms with Gasteiger partial charge in [-0.05, 0) is 41.8 Å². The molecule has 1 heterocycles. The fourth-order valence-corrected chi connectivity index (χ4v) is 4.74. The van der Waals surface area contributed by atoms with E-state index in [1.54, 1.807) is 0 Å². The number of aromatic amines is 1. The average molecular weight is 466 g/mol. The molecule has 0 radical (unpaired) electrons. The summed E-state index contributed by atoms with van der Waals surface area (Å²) in [6.45, 7) is 2.64. The zero-order valence-electron chi connectivity index (χ0n) is 19.6. The van der Waals surface area contributed by atoms with Crippen LogP contribution in [-0.4, -0.2) is 22.9 Å². The number of aromatic nitrogens is 1. The molecule has 0 atom stereocenters. The van der Waals surface area contributed by atoms with Crippen LogP contribution in [0, 0.1) is 0 Å². The monoisotopic (exact) mass is 465 g/mol. The minimum Gasteiger partial charge on any atom is -0.493 e. The fraction of sp³-hybridized carbons (Fsp3) is 0.167. The number of carboxylic acid groups (broad SMARTS) is 1. The van der Waals surface area contributed by atoms with Gasteiger partial charge in [-0.25, -0.2) is 4.79 Å². The lowest BCUT2D eigenvalue weighted by atomic mass is 9.95. The van der Waals surface area contributed by atoms with E-state index in [-0.39, 0.29) is 5.88 Å². The zero-order chi connectivity index (χ0) is 24.2. The van der Waals surface area contributed by atoms with E-state index in [0.717, 1.165) is 50.5 Å². The Morgan fingerprint density at radius 3 is 2.43 bits per heavy atom.